The van der Waals surface area contributed by atoms with Crippen LogP contribution in [0.15, 0.2) is 0 Å². The molecule has 0 radical (unpaired) electrons. The predicted molar refractivity (Wildman–Crippen MR) is 49.1 cm³/mol. The first-order valence-corrected chi connectivity index (χ1v) is 5.39. The van der Waals surface area contributed by atoms with Crippen molar-refractivity contribution in [2.75, 3.05) is 18.5 Å². The molecule has 0 bridgehead atoms. The number of rotatable bonds is 7. The van der Waals surface area contributed by atoms with Crippen molar-refractivity contribution >= 4 is 15.9 Å². The Morgan fingerprint density at radius 3 is 2.23 bits per heavy atom. The highest BCUT2D eigenvalue weighted by molar-refractivity contribution is 9.09. The van der Waals surface area contributed by atoms with E-state index in [1.807, 2.05) is 0 Å². The molecule has 0 saturated heterocycles. The van der Waals surface area contributed by atoms with Gasteiger partial charge in [-0.15, -0.1) is 0 Å². The van der Waals surface area contributed by atoms with E-state index in [-0.39, 0.29) is 6.61 Å². The monoisotopic (exact) mass is 262 g/mol. The molecular weight excluding hydrogens is 249 g/mol. The third kappa shape index (κ3) is 12.2. The SMILES string of the molecule is FC(F)(F)CCOCCCCCBr. The topological polar surface area (TPSA) is 9.23 Å². The number of ether oxygens (including phenoxy) is 1. The Morgan fingerprint density at radius 1 is 1.00 bits per heavy atom. The molecule has 1 nitrogen and oxygen atoms in total. The third-order valence-corrected chi connectivity index (χ3v) is 2.01. The summed E-state index contributed by atoms with van der Waals surface area (Å²) in [5.74, 6) is 0. The van der Waals surface area contributed by atoms with E-state index in [2.05, 4.69) is 15.9 Å². The molecule has 0 aromatic rings. The second-order valence-electron chi connectivity index (χ2n) is 2.73. The van der Waals surface area contributed by atoms with E-state index in [1.54, 1.807) is 0 Å². The molecule has 0 amide bonds. The highest BCUT2D eigenvalue weighted by atomic mass is 79.9. The molecule has 0 heterocycles. The van der Waals surface area contributed by atoms with Gasteiger partial charge in [0.15, 0.2) is 0 Å². The van der Waals surface area contributed by atoms with Crippen molar-refractivity contribution in [3.8, 4) is 0 Å². The first kappa shape index (κ1) is 13.2. The Labute approximate surface area is 84.8 Å². The normalized spacial score (nSPS) is 12.0. The second kappa shape index (κ2) is 7.62. The molecule has 0 atom stereocenters. The summed E-state index contributed by atoms with van der Waals surface area (Å²) >= 11 is 3.27. The molecule has 0 aliphatic heterocycles. The Bertz CT molecular complexity index is 116. The Morgan fingerprint density at radius 2 is 1.69 bits per heavy atom. The fourth-order valence-corrected chi connectivity index (χ4v) is 1.16. The fourth-order valence-electron chi connectivity index (χ4n) is 0.765. The van der Waals surface area contributed by atoms with Crippen molar-refractivity contribution in [1.82, 2.24) is 0 Å². The van der Waals surface area contributed by atoms with Crippen LogP contribution in [0.25, 0.3) is 0 Å². The summed E-state index contributed by atoms with van der Waals surface area (Å²) in [6, 6.07) is 0. The zero-order chi connectivity index (χ0) is 10.2. The summed E-state index contributed by atoms with van der Waals surface area (Å²) in [6.45, 7) is 0.223. The highest BCUT2D eigenvalue weighted by Crippen LogP contribution is 2.18. The highest BCUT2D eigenvalue weighted by Gasteiger charge is 2.26. The van der Waals surface area contributed by atoms with Gasteiger partial charge in [-0.3, -0.25) is 0 Å². The summed E-state index contributed by atoms with van der Waals surface area (Å²) in [6.07, 6.45) is -2.05. The lowest BCUT2D eigenvalue weighted by Gasteiger charge is -2.06. The van der Waals surface area contributed by atoms with Crippen molar-refractivity contribution in [3.05, 3.63) is 0 Å². The summed E-state index contributed by atoms with van der Waals surface area (Å²) in [7, 11) is 0. The largest absolute Gasteiger partial charge is 0.391 e. The molecule has 13 heavy (non-hydrogen) atoms. The molecule has 0 N–H and O–H groups in total. The van der Waals surface area contributed by atoms with Gasteiger partial charge in [-0.1, -0.05) is 22.4 Å². The first-order chi connectivity index (χ1) is 6.06. The lowest BCUT2D eigenvalue weighted by molar-refractivity contribution is -0.145. The molecule has 0 aliphatic rings. The molecule has 0 aromatic heterocycles. The summed E-state index contributed by atoms with van der Waals surface area (Å²) in [5, 5.41) is 0.940. The van der Waals surface area contributed by atoms with E-state index in [9.17, 15) is 13.2 Å². The number of unbranched alkanes of at least 4 members (excludes halogenated alkanes) is 2. The number of hydrogen-bond donors (Lipinski definition) is 0. The van der Waals surface area contributed by atoms with Gasteiger partial charge in [-0.2, -0.15) is 13.2 Å². The second-order valence-corrected chi connectivity index (χ2v) is 3.52. The van der Waals surface area contributed by atoms with Gasteiger partial charge in [-0.05, 0) is 12.8 Å². The summed E-state index contributed by atoms with van der Waals surface area (Å²) < 4.78 is 39.6. The van der Waals surface area contributed by atoms with Gasteiger partial charge in [0.05, 0.1) is 13.0 Å². The van der Waals surface area contributed by atoms with Crippen LogP contribution in [-0.4, -0.2) is 24.7 Å². The number of hydrogen-bond acceptors (Lipinski definition) is 1. The van der Waals surface area contributed by atoms with Gasteiger partial charge in [0.1, 0.15) is 0 Å². The van der Waals surface area contributed by atoms with Gasteiger partial charge in [0, 0.05) is 11.9 Å². The number of halogens is 4. The summed E-state index contributed by atoms with van der Waals surface area (Å²) in [4.78, 5) is 0. The van der Waals surface area contributed by atoms with Crippen LogP contribution in [0.2, 0.25) is 0 Å². The van der Waals surface area contributed by atoms with Crippen LogP contribution in [-0.2, 0) is 4.74 Å². The van der Waals surface area contributed by atoms with Crippen LogP contribution in [0, 0.1) is 0 Å². The molecule has 0 fully saturated rings. The maximum absolute atomic E-state index is 11.6. The predicted octanol–water partition coefficient (Wildman–Crippen LogP) is 3.52. The van der Waals surface area contributed by atoms with Crippen LogP contribution in [0.3, 0.4) is 0 Å². The van der Waals surface area contributed by atoms with Crippen molar-refractivity contribution in [1.29, 1.82) is 0 Å². The van der Waals surface area contributed by atoms with Crippen LogP contribution in [0.1, 0.15) is 25.7 Å². The maximum atomic E-state index is 11.6. The molecule has 0 unspecified atom stereocenters. The molecule has 0 rings (SSSR count). The minimum Gasteiger partial charge on any atom is -0.381 e. The van der Waals surface area contributed by atoms with Gasteiger partial charge < -0.3 is 4.74 Å². The van der Waals surface area contributed by atoms with Crippen molar-refractivity contribution < 1.29 is 17.9 Å². The lowest BCUT2D eigenvalue weighted by atomic mass is 10.3. The van der Waals surface area contributed by atoms with Gasteiger partial charge >= 0.3 is 6.18 Å². The molecule has 0 spiro atoms. The van der Waals surface area contributed by atoms with Crippen LogP contribution in [0.5, 0.6) is 0 Å². The van der Waals surface area contributed by atoms with Crippen LogP contribution in [0.4, 0.5) is 13.2 Å². The van der Waals surface area contributed by atoms with E-state index in [4.69, 9.17) is 4.74 Å². The molecule has 5 heteroatoms. The zero-order valence-corrected chi connectivity index (χ0v) is 8.96. The van der Waals surface area contributed by atoms with Crippen molar-refractivity contribution in [2.45, 2.75) is 31.9 Å². The average Bonchev–Trinajstić information content (AvgIpc) is 2.01. The number of alkyl halides is 4. The Kier molecular flexibility index (Phi) is 7.75. The third-order valence-electron chi connectivity index (χ3n) is 1.45. The molecule has 80 valence electrons. The van der Waals surface area contributed by atoms with Crippen LogP contribution < -0.4 is 0 Å². The Hall–Kier alpha value is 0.230. The van der Waals surface area contributed by atoms with Crippen molar-refractivity contribution in [3.63, 3.8) is 0 Å². The van der Waals surface area contributed by atoms with Gasteiger partial charge in [0.25, 0.3) is 0 Å². The quantitative estimate of drug-likeness (QED) is 0.504. The fraction of sp³-hybridized carbons (Fsp3) is 1.00. The molecule has 0 aliphatic carbocycles. The van der Waals surface area contributed by atoms with Gasteiger partial charge in [0.2, 0.25) is 0 Å². The lowest BCUT2D eigenvalue weighted by Crippen LogP contribution is -2.11. The average molecular weight is 263 g/mol. The minimum absolute atomic E-state index is 0.211. The summed E-state index contributed by atoms with van der Waals surface area (Å²) in [5.41, 5.74) is 0. The molecular formula is C8H14BrF3O. The zero-order valence-electron chi connectivity index (χ0n) is 7.37. The Balaban J connectivity index is 3.00. The first-order valence-electron chi connectivity index (χ1n) is 4.27. The van der Waals surface area contributed by atoms with Gasteiger partial charge in [-0.25, -0.2) is 0 Å². The van der Waals surface area contributed by atoms with E-state index < -0.39 is 12.6 Å². The minimum atomic E-state index is -4.09. The van der Waals surface area contributed by atoms with E-state index in [0.717, 1.165) is 24.6 Å². The standard InChI is InChI=1S/C8H14BrF3O/c9-5-2-1-3-6-13-7-4-8(10,11)12/h1-7H2. The van der Waals surface area contributed by atoms with Crippen molar-refractivity contribution in [2.24, 2.45) is 0 Å². The van der Waals surface area contributed by atoms with Crippen LogP contribution >= 0.6 is 15.9 Å². The van der Waals surface area contributed by atoms with E-state index in [1.165, 1.54) is 0 Å². The maximum Gasteiger partial charge on any atom is 0.391 e. The van der Waals surface area contributed by atoms with E-state index in [0.29, 0.717) is 6.61 Å². The van der Waals surface area contributed by atoms with E-state index >= 15 is 0 Å². The molecule has 0 saturated carbocycles. The molecule has 0 aromatic carbocycles. The smallest absolute Gasteiger partial charge is 0.381 e.